The minimum Gasteiger partial charge on any atom is -0.350 e. The van der Waals surface area contributed by atoms with E-state index in [1.54, 1.807) is 4.90 Å². The normalized spacial score (nSPS) is 15.8. The second-order valence-electron chi connectivity index (χ2n) is 7.15. The topological polar surface area (TPSA) is 64.7 Å². The maximum Gasteiger partial charge on any atom is 0.321 e. The third-order valence-electron chi connectivity index (χ3n) is 3.65. The van der Waals surface area contributed by atoms with Crippen molar-refractivity contribution in [2.24, 2.45) is 0 Å². The molecule has 138 valence electrons. The molecule has 0 aromatic heterocycles. The van der Waals surface area contributed by atoms with Crippen LogP contribution in [-0.4, -0.2) is 60.0 Å². The molecule has 1 heterocycles. The van der Waals surface area contributed by atoms with Crippen molar-refractivity contribution in [1.29, 1.82) is 0 Å². The van der Waals surface area contributed by atoms with Crippen LogP contribution in [0.4, 0.5) is 14.9 Å². The maximum atomic E-state index is 13.3. The molecule has 6 nitrogen and oxygen atoms in total. The molecule has 0 spiro atoms. The lowest BCUT2D eigenvalue weighted by Gasteiger charge is -2.34. The van der Waals surface area contributed by atoms with Crippen molar-refractivity contribution in [1.82, 2.24) is 15.1 Å². The molecule has 1 fully saturated rings. The van der Waals surface area contributed by atoms with E-state index in [1.165, 1.54) is 18.2 Å². The first kappa shape index (κ1) is 19.5. The zero-order valence-corrected chi connectivity index (χ0v) is 15.5. The third-order valence-corrected chi connectivity index (χ3v) is 3.87. The summed E-state index contributed by atoms with van der Waals surface area (Å²) in [5, 5.41) is 5.79. The Morgan fingerprint density at radius 2 is 1.80 bits per heavy atom. The molecule has 0 bridgehead atoms. The maximum absolute atomic E-state index is 13.3. The van der Waals surface area contributed by atoms with Gasteiger partial charge >= 0.3 is 6.03 Å². The second-order valence-corrected chi connectivity index (χ2v) is 7.59. The minimum atomic E-state index is -0.502. The molecule has 1 aliphatic rings. The van der Waals surface area contributed by atoms with Crippen LogP contribution in [0.5, 0.6) is 0 Å². The van der Waals surface area contributed by atoms with Gasteiger partial charge in [0.25, 0.3) is 0 Å². The summed E-state index contributed by atoms with van der Waals surface area (Å²) < 4.78 is 13.3. The van der Waals surface area contributed by atoms with Gasteiger partial charge in [-0.25, -0.2) is 9.18 Å². The summed E-state index contributed by atoms with van der Waals surface area (Å²) in [5.74, 6) is -0.530. The molecular formula is C17H24ClFN4O2. The van der Waals surface area contributed by atoms with Crippen LogP contribution in [0.15, 0.2) is 18.2 Å². The van der Waals surface area contributed by atoms with Crippen molar-refractivity contribution < 1.29 is 14.0 Å². The van der Waals surface area contributed by atoms with E-state index < -0.39 is 5.82 Å². The Bertz CT molecular complexity index is 620. The number of nitrogens with zero attached hydrogens (tertiary/aromatic N) is 2. The summed E-state index contributed by atoms with van der Waals surface area (Å²) in [6.07, 6.45) is 0. The highest BCUT2D eigenvalue weighted by molar-refractivity contribution is 6.30. The Morgan fingerprint density at radius 3 is 2.36 bits per heavy atom. The summed E-state index contributed by atoms with van der Waals surface area (Å²) in [6, 6.07) is 3.59. The molecular weight excluding hydrogens is 347 g/mol. The van der Waals surface area contributed by atoms with Gasteiger partial charge in [-0.2, -0.15) is 0 Å². The van der Waals surface area contributed by atoms with Crippen molar-refractivity contribution in [2.45, 2.75) is 26.3 Å². The zero-order chi connectivity index (χ0) is 18.6. The molecule has 0 aliphatic carbocycles. The lowest BCUT2D eigenvalue weighted by molar-refractivity contribution is -0.123. The molecule has 2 N–H and O–H groups in total. The van der Waals surface area contributed by atoms with Crippen LogP contribution in [0, 0.1) is 5.82 Å². The van der Waals surface area contributed by atoms with Crippen LogP contribution in [0.25, 0.3) is 0 Å². The number of anilines is 1. The first-order valence-corrected chi connectivity index (χ1v) is 8.55. The van der Waals surface area contributed by atoms with Gasteiger partial charge in [-0.15, -0.1) is 0 Å². The molecule has 25 heavy (non-hydrogen) atoms. The van der Waals surface area contributed by atoms with Crippen LogP contribution in [0.3, 0.4) is 0 Å². The monoisotopic (exact) mass is 370 g/mol. The van der Waals surface area contributed by atoms with E-state index in [-0.39, 0.29) is 22.5 Å². The first-order valence-electron chi connectivity index (χ1n) is 8.18. The number of nitrogens with one attached hydrogen (secondary N) is 2. The van der Waals surface area contributed by atoms with Crippen molar-refractivity contribution in [3.05, 3.63) is 29.0 Å². The van der Waals surface area contributed by atoms with Crippen molar-refractivity contribution in [3.63, 3.8) is 0 Å². The van der Waals surface area contributed by atoms with Gasteiger partial charge in [0.1, 0.15) is 5.82 Å². The van der Waals surface area contributed by atoms with Crippen molar-refractivity contribution >= 4 is 29.2 Å². The fraction of sp³-hybridized carbons (Fsp3) is 0.529. The van der Waals surface area contributed by atoms with Crippen molar-refractivity contribution in [3.8, 4) is 0 Å². The third kappa shape index (κ3) is 6.51. The van der Waals surface area contributed by atoms with E-state index in [0.717, 1.165) is 0 Å². The van der Waals surface area contributed by atoms with Gasteiger partial charge in [-0.1, -0.05) is 11.6 Å². The number of hydrogen-bond donors (Lipinski definition) is 2. The van der Waals surface area contributed by atoms with Gasteiger partial charge in [0.2, 0.25) is 5.91 Å². The molecule has 0 radical (unpaired) electrons. The Hall–Kier alpha value is -1.86. The summed E-state index contributed by atoms with van der Waals surface area (Å²) in [7, 11) is 0. The standard InChI is InChI=1S/C17H24ClFN4O2/c1-17(2,3)21-15(24)11-22-4-6-23(7-5-22)16(25)20-14-9-12(18)8-13(19)10-14/h8-10H,4-7,11H2,1-3H3,(H,20,25)(H,21,24). The largest absolute Gasteiger partial charge is 0.350 e. The summed E-state index contributed by atoms with van der Waals surface area (Å²) in [6.45, 7) is 8.33. The lowest BCUT2D eigenvalue weighted by Crippen LogP contribution is -2.53. The molecule has 1 aromatic carbocycles. The number of halogens is 2. The van der Waals surface area contributed by atoms with Gasteiger partial charge in [0.05, 0.1) is 6.54 Å². The molecule has 1 aliphatic heterocycles. The van der Waals surface area contributed by atoms with Gasteiger partial charge in [-0.05, 0) is 39.0 Å². The van der Waals surface area contributed by atoms with Gasteiger partial charge < -0.3 is 15.5 Å². The highest BCUT2D eigenvalue weighted by Crippen LogP contribution is 2.18. The second kappa shape index (κ2) is 8.01. The quantitative estimate of drug-likeness (QED) is 0.859. The van der Waals surface area contributed by atoms with E-state index in [1.807, 2.05) is 25.7 Å². The molecule has 8 heteroatoms. The van der Waals surface area contributed by atoms with Crippen LogP contribution < -0.4 is 10.6 Å². The van der Waals surface area contributed by atoms with Crippen LogP contribution >= 0.6 is 11.6 Å². The highest BCUT2D eigenvalue weighted by atomic mass is 35.5. The number of carbonyl (C=O) groups excluding carboxylic acids is 2. The fourth-order valence-corrected chi connectivity index (χ4v) is 2.82. The Kier molecular flexibility index (Phi) is 6.24. The van der Waals surface area contributed by atoms with Gasteiger partial charge in [0.15, 0.2) is 0 Å². The Morgan fingerprint density at radius 1 is 1.16 bits per heavy atom. The summed E-state index contributed by atoms with van der Waals surface area (Å²) >= 11 is 5.78. The molecule has 3 amide bonds. The minimum absolute atomic E-state index is 0.0280. The predicted octanol–water partition coefficient (Wildman–Crippen LogP) is 2.54. The number of carbonyl (C=O) groups is 2. The number of piperazine rings is 1. The van der Waals surface area contributed by atoms with E-state index >= 15 is 0 Å². The fourth-order valence-electron chi connectivity index (χ4n) is 2.60. The van der Waals surface area contributed by atoms with E-state index in [9.17, 15) is 14.0 Å². The van der Waals surface area contributed by atoms with E-state index in [4.69, 9.17) is 11.6 Å². The molecule has 0 unspecified atom stereocenters. The molecule has 1 saturated heterocycles. The molecule has 2 rings (SSSR count). The van der Waals surface area contributed by atoms with E-state index in [2.05, 4.69) is 10.6 Å². The summed E-state index contributed by atoms with van der Waals surface area (Å²) in [4.78, 5) is 27.9. The summed E-state index contributed by atoms with van der Waals surface area (Å²) in [5.41, 5.74) is 0.0624. The number of urea groups is 1. The number of amides is 3. The van der Waals surface area contributed by atoms with Crippen LogP contribution in [-0.2, 0) is 4.79 Å². The molecule has 0 atom stereocenters. The number of benzene rings is 1. The van der Waals surface area contributed by atoms with Gasteiger partial charge in [0, 0.05) is 42.4 Å². The van der Waals surface area contributed by atoms with Gasteiger partial charge in [-0.3, -0.25) is 9.69 Å². The number of rotatable bonds is 3. The van der Waals surface area contributed by atoms with Crippen LogP contribution in [0.1, 0.15) is 20.8 Å². The first-order chi connectivity index (χ1) is 11.6. The lowest BCUT2D eigenvalue weighted by atomic mass is 10.1. The average molecular weight is 371 g/mol. The molecule has 1 aromatic rings. The van der Waals surface area contributed by atoms with E-state index in [0.29, 0.717) is 38.4 Å². The van der Waals surface area contributed by atoms with Crippen LogP contribution in [0.2, 0.25) is 5.02 Å². The predicted molar refractivity (Wildman–Crippen MR) is 96.3 cm³/mol. The molecule has 0 saturated carbocycles. The zero-order valence-electron chi connectivity index (χ0n) is 14.7. The number of hydrogen-bond acceptors (Lipinski definition) is 3. The SMILES string of the molecule is CC(C)(C)NC(=O)CN1CCN(C(=O)Nc2cc(F)cc(Cl)c2)CC1. The Balaban J connectivity index is 1.81. The average Bonchev–Trinajstić information content (AvgIpc) is 2.44. The van der Waals surface area contributed by atoms with Crippen molar-refractivity contribution in [2.75, 3.05) is 38.0 Å². The smallest absolute Gasteiger partial charge is 0.321 e. The highest BCUT2D eigenvalue weighted by Gasteiger charge is 2.23. The Labute approximate surface area is 152 Å².